The zero-order valence-electron chi connectivity index (χ0n) is 17.5. The van der Waals surface area contributed by atoms with E-state index in [-0.39, 0.29) is 29.9 Å². The van der Waals surface area contributed by atoms with E-state index in [4.69, 9.17) is 4.74 Å². The molecule has 0 bridgehead atoms. The van der Waals surface area contributed by atoms with Gasteiger partial charge in [-0.15, -0.1) is 24.0 Å². The van der Waals surface area contributed by atoms with Crippen molar-refractivity contribution in [3.8, 4) is 5.88 Å². The average Bonchev–Trinajstić information content (AvgIpc) is 3.49. The van der Waals surface area contributed by atoms with Gasteiger partial charge in [0.05, 0.1) is 19.7 Å². The maximum absolute atomic E-state index is 12.4. The van der Waals surface area contributed by atoms with E-state index >= 15 is 0 Å². The van der Waals surface area contributed by atoms with Crippen LogP contribution in [0, 0.1) is 5.92 Å². The topological polar surface area (TPSA) is 70.1 Å². The molecule has 1 N–H and O–H groups in total. The van der Waals surface area contributed by atoms with E-state index < -0.39 is 0 Å². The highest BCUT2D eigenvalue weighted by Crippen LogP contribution is 2.29. The van der Waals surface area contributed by atoms with Crippen LogP contribution in [0.15, 0.2) is 23.3 Å². The summed E-state index contributed by atoms with van der Waals surface area (Å²) in [6.45, 7) is 9.75. The molecule has 7 nitrogen and oxygen atoms in total. The molecular formula is C20H34IN5O2. The second-order valence-corrected chi connectivity index (χ2v) is 6.85. The Hall–Kier alpha value is -1.58. The van der Waals surface area contributed by atoms with Gasteiger partial charge in [-0.05, 0) is 51.2 Å². The molecule has 0 spiro atoms. The van der Waals surface area contributed by atoms with Crippen molar-refractivity contribution in [1.82, 2.24) is 20.1 Å². The Morgan fingerprint density at radius 1 is 1.32 bits per heavy atom. The molecule has 1 amide bonds. The first-order valence-corrected chi connectivity index (χ1v) is 9.92. The minimum absolute atomic E-state index is 0. The van der Waals surface area contributed by atoms with Gasteiger partial charge in [-0.1, -0.05) is 0 Å². The lowest BCUT2D eigenvalue weighted by molar-refractivity contribution is -0.131. The van der Waals surface area contributed by atoms with Gasteiger partial charge in [-0.2, -0.15) is 0 Å². The van der Waals surface area contributed by atoms with E-state index in [0.717, 1.165) is 37.8 Å². The minimum atomic E-state index is 0. The highest BCUT2D eigenvalue weighted by atomic mass is 127. The molecule has 1 fully saturated rings. The van der Waals surface area contributed by atoms with Gasteiger partial charge >= 0.3 is 0 Å². The molecule has 158 valence electrons. The molecule has 0 saturated heterocycles. The van der Waals surface area contributed by atoms with Crippen LogP contribution in [0.3, 0.4) is 0 Å². The van der Waals surface area contributed by atoms with Crippen molar-refractivity contribution in [2.75, 3.05) is 39.8 Å². The number of guanidine groups is 1. The summed E-state index contributed by atoms with van der Waals surface area (Å²) < 4.78 is 5.74. The number of aromatic nitrogens is 1. The first-order valence-electron chi connectivity index (χ1n) is 9.92. The molecule has 0 aliphatic heterocycles. The van der Waals surface area contributed by atoms with Crippen LogP contribution in [0.5, 0.6) is 5.88 Å². The van der Waals surface area contributed by atoms with Gasteiger partial charge < -0.3 is 19.9 Å². The lowest BCUT2D eigenvalue weighted by Gasteiger charge is -2.25. The number of nitrogens with zero attached hydrogens (tertiary/aromatic N) is 4. The molecule has 8 heteroatoms. The number of hydrogen-bond donors (Lipinski definition) is 1. The lowest BCUT2D eigenvalue weighted by atomic mass is 10.3. The fraction of sp³-hybridized carbons (Fsp3) is 0.650. The van der Waals surface area contributed by atoms with E-state index in [2.05, 4.69) is 15.3 Å². The standard InChI is InChI=1S/C20H33N5O2.HI/c1-5-21-20(24(4)14-19(26)25(6-2)7-3)23-13-17-10-11-22-18(12-17)27-15-16-8-9-16;/h10-12,16H,5-9,13-15H2,1-4H3,(H,21,23);1H. The number of hydrogen-bond acceptors (Lipinski definition) is 4. The molecule has 1 saturated carbocycles. The van der Waals surface area contributed by atoms with Gasteiger partial charge in [0.1, 0.15) is 0 Å². The largest absolute Gasteiger partial charge is 0.477 e. The molecule has 0 atom stereocenters. The number of halogens is 1. The van der Waals surface area contributed by atoms with Crippen LogP contribution in [0.4, 0.5) is 0 Å². The van der Waals surface area contributed by atoms with E-state index in [1.165, 1.54) is 12.8 Å². The number of carbonyl (C=O) groups is 1. The van der Waals surface area contributed by atoms with Crippen molar-refractivity contribution < 1.29 is 9.53 Å². The Bertz CT molecular complexity index is 633. The summed E-state index contributed by atoms with van der Waals surface area (Å²) >= 11 is 0. The molecule has 2 rings (SSSR count). The second kappa shape index (κ2) is 12.8. The first-order chi connectivity index (χ1) is 13.1. The summed E-state index contributed by atoms with van der Waals surface area (Å²) in [5, 5.41) is 3.25. The summed E-state index contributed by atoms with van der Waals surface area (Å²) in [6, 6.07) is 3.88. The normalized spacial score (nSPS) is 13.5. The van der Waals surface area contributed by atoms with E-state index in [1.807, 2.05) is 49.8 Å². The molecule has 0 unspecified atom stereocenters. The predicted molar refractivity (Wildman–Crippen MR) is 123 cm³/mol. The van der Waals surface area contributed by atoms with Crippen LogP contribution >= 0.6 is 24.0 Å². The summed E-state index contributed by atoms with van der Waals surface area (Å²) in [5.74, 6) is 2.18. The average molecular weight is 503 g/mol. The number of rotatable bonds is 10. The molecule has 1 heterocycles. The Balaban J connectivity index is 0.00000392. The maximum Gasteiger partial charge on any atom is 0.242 e. The molecule has 1 aromatic rings. The quantitative estimate of drug-likeness (QED) is 0.302. The third kappa shape index (κ3) is 8.20. The highest BCUT2D eigenvalue weighted by molar-refractivity contribution is 14.0. The van der Waals surface area contributed by atoms with Crippen LogP contribution in [-0.4, -0.2) is 66.5 Å². The Morgan fingerprint density at radius 3 is 2.64 bits per heavy atom. The van der Waals surface area contributed by atoms with E-state index in [9.17, 15) is 4.79 Å². The number of nitrogens with one attached hydrogen (secondary N) is 1. The van der Waals surface area contributed by atoms with Crippen molar-refractivity contribution >= 4 is 35.8 Å². The molecule has 1 aromatic heterocycles. The van der Waals surface area contributed by atoms with Crippen LogP contribution < -0.4 is 10.1 Å². The number of aliphatic imine (C=N–C) groups is 1. The SMILES string of the molecule is CCNC(=NCc1ccnc(OCC2CC2)c1)N(C)CC(=O)N(CC)CC.I. The molecule has 28 heavy (non-hydrogen) atoms. The molecule has 0 aromatic carbocycles. The monoisotopic (exact) mass is 503 g/mol. The maximum atomic E-state index is 12.4. The van der Waals surface area contributed by atoms with Gasteiger partial charge in [0, 0.05) is 38.9 Å². The fourth-order valence-corrected chi connectivity index (χ4v) is 2.71. The number of ether oxygens (including phenoxy) is 1. The van der Waals surface area contributed by atoms with Gasteiger partial charge in [-0.25, -0.2) is 9.98 Å². The fourth-order valence-electron chi connectivity index (χ4n) is 2.71. The molecule has 1 aliphatic rings. The van der Waals surface area contributed by atoms with Crippen molar-refractivity contribution in [2.24, 2.45) is 10.9 Å². The zero-order valence-corrected chi connectivity index (χ0v) is 19.8. The number of pyridine rings is 1. The van der Waals surface area contributed by atoms with Crippen molar-refractivity contribution in [3.05, 3.63) is 23.9 Å². The third-order valence-corrected chi connectivity index (χ3v) is 4.56. The number of carbonyl (C=O) groups excluding carboxylic acids is 1. The van der Waals surface area contributed by atoms with E-state index in [0.29, 0.717) is 24.9 Å². The summed E-state index contributed by atoms with van der Waals surface area (Å²) in [4.78, 5) is 25.0. The molecular weight excluding hydrogens is 469 g/mol. The molecule has 1 aliphatic carbocycles. The number of amides is 1. The molecule has 0 radical (unpaired) electrons. The Kier molecular flexibility index (Phi) is 11.2. The minimum Gasteiger partial charge on any atom is -0.477 e. The van der Waals surface area contributed by atoms with Gasteiger partial charge in [0.15, 0.2) is 5.96 Å². The predicted octanol–water partition coefficient (Wildman–Crippen LogP) is 2.75. The van der Waals surface area contributed by atoms with Crippen LogP contribution in [0.1, 0.15) is 39.2 Å². The van der Waals surface area contributed by atoms with Gasteiger partial charge in [0.25, 0.3) is 0 Å². The van der Waals surface area contributed by atoms with Gasteiger partial charge in [-0.3, -0.25) is 4.79 Å². The summed E-state index contributed by atoms with van der Waals surface area (Å²) in [7, 11) is 1.89. The zero-order chi connectivity index (χ0) is 19.6. The Labute approximate surface area is 186 Å². The highest BCUT2D eigenvalue weighted by Gasteiger charge is 2.22. The summed E-state index contributed by atoms with van der Waals surface area (Å²) in [5.41, 5.74) is 1.04. The van der Waals surface area contributed by atoms with Crippen molar-refractivity contribution in [2.45, 2.75) is 40.2 Å². The summed E-state index contributed by atoms with van der Waals surface area (Å²) in [6.07, 6.45) is 4.27. The smallest absolute Gasteiger partial charge is 0.242 e. The Morgan fingerprint density at radius 2 is 2.04 bits per heavy atom. The van der Waals surface area contributed by atoms with Crippen molar-refractivity contribution in [3.63, 3.8) is 0 Å². The first kappa shape index (κ1) is 24.5. The van der Waals surface area contributed by atoms with Crippen LogP contribution in [0.2, 0.25) is 0 Å². The van der Waals surface area contributed by atoms with E-state index in [1.54, 1.807) is 6.20 Å². The van der Waals surface area contributed by atoms with Crippen molar-refractivity contribution in [1.29, 1.82) is 0 Å². The van der Waals surface area contributed by atoms with Crippen LogP contribution in [-0.2, 0) is 11.3 Å². The third-order valence-electron chi connectivity index (χ3n) is 4.56. The second-order valence-electron chi connectivity index (χ2n) is 6.85. The van der Waals surface area contributed by atoms with Gasteiger partial charge in [0.2, 0.25) is 11.8 Å². The van der Waals surface area contributed by atoms with Crippen LogP contribution in [0.25, 0.3) is 0 Å². The number of likely N-dealkylation sites (N-methyl/N-ethyl adjacent to an activating group) is 2. The lowest BCUT2D eigenvalue weighted by Crippen LogP contribution is -2.45.